The number of piperidine rings is 1. The van der Waals surface area contributed by atoms with Gasteiger partial charge in [-0.05, 0) is 44.6 Å². The van der Waals surface area contributed by atoms with Crippen LogP contribution in [0.25, 0.3) is 17.2 Å². The van der Waals surface area contributed by atoms with Crippen molar-refractivity contribution in [3.05, 3.63) is 24.5 Å². The number of imidazole rings is 1. The number of ether oxygens (including phenoxy) is 1. The second kappa shape index (κ2) is 6.66. The number of fused-ring (bicyclic) bond motifs is 1. The molecule has 0 radical (unpaired) electrons. The van der Waals surface area contributed by atoms with Crippen molar-refractivity contribution in [1.82, 2.24) is 24.4 Å². The molecule has 0 N–H and O–H groups in total. The average molecular weight is 313 g/mol. The summed E-state index contributed by atoms with van der Waals surface area (Å²) in [5, 5.41) is 0. The van der Waals surface area contributed by atoms with Gasteiger partial charge in [0, 0.05) is 25.9 Å². The van der Waals surface area contributed by atoms with Gasteiger partial charge in [-0.3, -0.25) is 4.57 Å². The molecule has 2 aromatic rings. The van der Waals surface area contributed by atoms with Crippen molar-refractivity contribution in [3.8, 4) is 0 Å². The molecule has 2 fully saturated rings. The number of nitrogens with zero attached hydrogens (tertiary/aromatic N) is 5. The highest BCUT2D eigenvalue weighted by atomic mass is 16.5. The first-order chi connectivity index (χ1) is 11.4. The minimum Gasteiger partial charge on any atom is -0.377 e. The van der Waals surface area contributed by atoms with Gasteiger partial charge in [0.25, 0.3) is 0 Å². The Morgan fingerprint density at radius 2 is 1.96 bits per heavy atom. The lowest BCUT2D eigenvalue weighted by Gasteiger charge is -2.24. The topological polar surface area (TPSA) is 56.1 Å². The number of rotatable bonds is 3. The van der Waals surface area contributed by atoms with Gasteiger partial charge in [0.2, 0.25) is 0 Å². The van der Waals surface area contributed by atoms with Crippen LogP contribution in [-0.2, 0) is 4.74 Å². The smallest absolute Gasteiger partial charge is 0.165 e. The minimum absolute atomic E-state index is 0.0579. The van der Waals surface area contributed by atoms with E-state index in [0.717, 1.165) is 49.4 Å². The third-order valence-corrected chi connectivity index (χ3v) is 4.69. The van der Waals surface area contributed by atoms with Gasteiger partial charge in [0.1, 0.15) is 18.1 Å². The Kier molecular flexibility index (Phi) is 4.24. The first-order valence-electron chi connectivity index (χ1n) is 8.63. The van der Waals surface area contributed by atoms with Crippen LogP contribution in [-0.4, -0.2) is 44.1 Å². The van der Waals surface area contributed by atoms with E-state index in [-0.39, 0.29) is 6.23 Å². The summed E-state index contributed by atoms with van der Waals surface area (Å²) in [6.45, 7) is 3.08. The summed E-state index contributed by atoms with van der Waals surface area (Å²) < 4.78 is 7.91. The highest BCUT2D eigenvalue weighted by Crippen LogP contribution is 2.26. The molecule has 2 aliphatic rings. The molecule has 4 rings (SSSR count). The Balaban J connectivity index is 1.60. The van der Waals surface area contributed by atoms with Crippen LogP contribution < -0.4 is 0 Å². The SMILES string of the molecule is C(=C\N1CCCCC1)/c1ncnc2c1ncn2C1CCCCO1. The van der Waals surface area contributed by atoms with Crippen LogP contribution in [0.3, 0.4) is 0 Å². The van der Waals surface area contributed by atoms with Crippen molar-refractivity contribution in [3.63, 3.8) is 0 Å². The summed E-state index contributed by atoms with van der Waals surface area (Å²) in [7, 11) is 0. The molecule has 0 amide bonds. The Labute approximate surface area is 136 Å². The maximum atomic E-state index is 5.86. The molecule has 2 saturated heterocycles. The second-order valence-corrected chi connectivity index (χ2v) is 6.32. The minimum atomic E-state index is 0.0579. The zero-order valence-electron chi connectivity index (χ0n) is 13.4. The molecule has 2 aromatic heterocycles. The summed E-state index contributed by atoms with van der Waals surface area (Å²) in [4.78, 5) is 15.7. The molecule has 23 heavy (non-hydrogen) atoms. The third-order valence-electron chi connectivity index (χ3n) is 4.69. The lowest BCUT2D eigenvalue weighted by molar-refractivity contribution is -0.0298. The zero-order valence-corrected chi connectivity index (χ0v) is 13.4. The molecular formula is C17H23N5O. The van der Waals surface area contributed by atoms with Gasteiger partial charge in [0.05, 0.1) is 12.0 Å². The van der Waals surface area contributed by atoms with Crippen molar-refractivity contribution in [2.24, 2.45) is 0 Å². The van der Waals surface area contributed by atoms with Gasteiger partial charge < -0.3 is 9.64 Å². The van der Waals surface area contributed by atoms with E-state index >= 15 is 0 Å². The molecule has 2 aliphatic heterocycles. The quantitative estimate of drug-likeness (QED) is 0.872. The van der Waals surface area contributed by atoms with E-state index in [4.69, 9.17) is 4.74 Å². The van der Waals surface area contributed by atoms with Gasteiger partial charge in [-0.2, -0.15) is 0 Å². The predicted octanol–water partition coefficient (Wildman–Crippen LogP) is 2.98. The summed E-state index contributed by atoms with van der Waals surface area (Å²) in [6, 6.07) is 0. The molecule has 1 unspecified atom stereocenters. The zero-order chi connectivity index (χ0) is 15.5. The molecule has 6 heteroatoms. The summed E-state index contributed by atoms with van der Waals surface area (Å²) in [5.41, 5.74) is 2.61. The lowest BCUT2D eigenvalue weighted by Crippen LogP contribution is -2.24. The molecule has 6 nitrogen and oxygen atoms in total. The van der Waals surface area contributed by atoms with Crippen LogP contribution in [0.2, 0.25) is 0 Å². The van der Waals surface area contributed by atoms with Crippen molar-refractivity contribution in [2.45, 2.75) is 44.8 Å². The monoisotopic (exact) mass is 313 g/mol. The molecule has 122 valence electrons. The fraction of sp³-hybridized carbons (Fsp3) is 0.588. The largest absolute Gasteiger partial charge is 0.377 e. The molecule has 1 atom stereocenters. The molecule has 0 aromatic carbocycles. The molecule has 0 aliphatic carbocycles. The predicted molar refractivity (Wildman–Crippen MR) is 88.6 cm³/mol. The highest BCUT2D eigenvalue weighted by Gasteiger charge is 2.19. The van der Waals surface area contributed by atoms with Crippen LogP contribution in [0.4, 0.5) is 0 Å². The highest BCUT2D eigenvalue weighted by molar-refractivity contribution is 5.79. The first kappa shape index (κ1) is 14.6. The number of hydrogen-bond donors (Lipinski definition) is 0. The second-order valence-electron chi connectivity index (χ2n) is 6.32. The summed E-state index contributed by atoms with van der Waals surface area (Å²) in [6.07, 6.45) is 15.0. The molecule has 4 heterocycles. The molecule has 0 spiro atoms. The Morgan fingerprint density at radius 1 is 1.04 bits per heavy atom. The van der Waals surface area contributed by atoms with Gasteiger partial charge in [-0.25, -0.2) is 15.0 Å². The Bertz CT molecular complexity index is 683. The molecule has 0 saturated carbocycles. The van der Waals surface area contributed by atoms with Crippen LogP contribution in [0.1, 0.15) is 50.4 Å². The van der Waals surface area contributed by atoms with E-state index in [9.17, 15) is 0 Å². The van der Waals surface area contributed by atoms with Crippen molar-refractivity contribution in [1.29, 1.82) is 0 Å². The number of hydrogen-bond acceptors (Lipinski definition) is 5. The van der Waals surface area contributed by atoms with Crippen molar-refractivity contribution in [2.75, 3.05) is 19.7 Å². The van der Waals surface area contributed by atoms with Crippen molar-refractivity contribution >= 4 is 17.2 Å². The van der Waals surface area contributed by atoms with Gasteiger partial charge in [-0.15, -0.1) is 0 Å². The normalized spacial score (nSPS) is 23.0. The fourth-order valence-corrected chi connectivity index (χ4v) is 3.39. The maximum absolute atomic E-state index is 5.86. The molecule has 0 bridgehead atoms. The van der Waals surface area contributed by atoms with Crippen molar-refractivity contribution < 1.29 is 4.74 Å². The van der Waals surface area contributed by atoms with Gasteiger partial charge in [0.15, 0.2) is 5.65 Å². The van der Waals surface area contributed by atoms with Crippen LogP contribution >= 0.6 is 0 Å². The van der Waals surface area contributed by atoms with Crippen LogP contribution in [0.15, 0.2) is 18.9 Å². The summed E-state index contributed by atoms with van der Waals surface area (Å²) >= 11 is 0. The van der Waals surface area contributed by atoms with E-state index < -0.39 is 0 Å². The van der Waals surface area contributed by atoms with E-state index in [1.807, 2.05) is 6.33 Å². The standard InChI is InChI=1S/C17H23N5O/c1-3-8-21(9-4-1)10-7-14-16-17(19-12-18-14)22(13-20-16)15-6-2-5-11-23-15/h7,10,12-13,15H,1-6,8-9,11H2/b10-7+. The van der Waals surface area contributed by atoms with Crippen LogP contribution in [0, 0.1) is 0 Å². The van der Waals surface area contributed by atoms with E-state index in [1.165, 1.54) is 25.7 Å². The number of aromatic nitrogens is 4. The van der Waals surface area contributed by atoms with Gasteiger partial charge >= 0.3 is 0 Å². The summed E-state index contributed by atoms with van der Waals surface area (Å²) in [5.74, 6) is 0. The third kappa shape index (κ3) is 3.08. The first-order valence-corrected chi connectivity index (χ1v) is 8.63. The van der Waals surface area contributed by atoms with E-state index in [0.29, 0.717) is 0 Å². The van der Waals surface area contributed by atoms with E-state index in [1.54, 1.807) is 6.33 Å². The lowest BCUT2D eigenvalue weighted by atomic mass is 10.1. The van der Waals surface area contributed by atoms with E-state index in [2.05, 4.69) is 36.7 Å². The van der Waals surface area contributed by atoms with Gasteiger partial charge in [-0.1, -0.05) is 0 Å². The Hall–Kier alpha value is -1.95. The Morgan fingerprint density at radius 3 is 2.78 bits per heavy atom. The van der Waals surface area contributed by atoms with Crippen LogP contribution in [0.5, 0.6) is 0 Å². The average Bonchev–Trinajstić information content (AvgIpc) is 3.06. The fourth-order valence-electron chi connectivity index (χ4n) is 3.39. The maximum Gasteiger partial charge on any atom is 0.165 e. The molecular weight excluding hydrogens is 290 g/mol. The number of likely N-dealkylation sites (tertiary alicyclic amines) is 1.